The summed E-state index contributed by atoms with van der Waals surface area (Å²) < 4.78 is 20.1. The van der Waals surface area contributed by atoms with Crippen molar-refractivity contribution in [3.8, 4) is 17.0 Å². The number of aromatic nitrogens is 2. The fourth-order valence-corrected chi connectivity index (χ4v) is 2.24. The Morgan fingerprint density at radius 1 is 1.09 bits per heavy atom. The number of benzene rings is 2. The molecule has 118 valence electrons. The smallest absolute Gasteiger partial charge is 0.123 e. The molecule has 1 N–H and O–H groups in total. The lowest BCUT2D eigenvalue weighted by Gasteiger charge is -2.12. The molecular formula is C18H17FN2O2. The average Bonchev–Trinajstić information content (AvgIpc) is 3.04. The Labute approximate surface area is 133 Å². The largest absolute Gasteiger partial charge is 0.491 e. The first-order valence-corrected chi connectivity index (χ1v) is 7.34. The number of nitrogens with zero attached hydrogens (tertiary/aromatic N) is 2. The minimum Gasteiger partial charge on any atom is -0.491 e. The van der Waals surface area contributed by atoms with E-state index in [0.29, 0.717) is 12.3 Å². The topological polar surface area (TPSA) is 47.3 Å². The molecule has 0 aliphatic heterocycles. The van der Waals surface area contributed by atoms with Crippen molar-refractivity contribution < 1.29 is 14.2 Å². The number of ether oxygens (including phenoxy) is 1. The van der Waals surface area contributed by atoms with E-state index in [4.69, 9.17) is 4.74 Å². The van der Waals surface area contributed by atoms with E-state index < -0.39 is 6.10 Å². The van der Waals surface area contributed by atoms with E-state index in [9.17, 15) is 9.50 Å². The van der Waals surface area contributed by atoms with Gasteiger partial charge in [-0.05, 0) is 24.3 Å². The molecule has 1 unspecified atom stereocenters. The molecule has 5 heteroatoms. The van der Waals surface area contributed by atoms with Gasteiger partial charge in [0.25, 0.3) is 0 Å². The van der Waals surface area contributed by atoms with Gasteiger partial charge in [-0.3, -0.25) is 0 Å². The van der Waals surface area contributed by atoms with Gasteiger partial charge in [-0.2, -0.15) is 0 Å². The molecule has 23 heavy (non-hydrogen) atoms. The lowest BCUT2D eigenvalue weighted by Crippen LogP contribution is -2.23. The summed E-state index contributed by atoms with van der Waals surface area (Å²) in [7, 11) is 0. The van der Waals surface area contributed by atoms with Crippen molar-refractivity contribution in [1.82, 2.24) is 9.55 Å². The van der Waals surface area contributed by atoms with Gasteiger partial charge in [-0.1, -0.05) is 30.3 Å². The maximum absolute atomic E-state index is 12.8. The third kappa shape index (κ3) is 4.17. The summed E-state index contributed by atoms with van der Waals surface area (Å²) in [5.41, 5.74) is 1.89. The lowest BCUT2D eigenvalue weighted by atomic mass is 10.2. The van der Waals surface area contributed by atoms with Crippen LogP contribution < -0.4 is 4.74 Å². The first-order chi connectivity index (χ1) is 11.2. The summed E-state index contributed by atoms with van der Waals surface area (Å²) in [6.45, 7) is 0.505. The molecule has 0 amide bonds. The monoisotopic (exact) mass is 312 g/mol. The van der Waals surface area contributed by atoms with Crippen molar-refractivity contribution in [1.29, 1.82) is 0 Å². The van der Waals surface area contributed by atoms with Gasteiger partial charge in [-0.15, -0.1) is 0 Å². The molecule has 3 aromatic rings. The van der Waals surface area contributed by atoms with Crippen molar-refractivity contribution >= 4 is 0 Å². The van der Waals surface area contributed by atoms with Crippen LogP contribution in [-0.2, 0) is 6.54 Å². The fourth-order valence-electron chi connectivity index (χ4n) is 2.24. The van der Waals surface area contributed by atoms with Crippen molar-refractivity contribution in [2.24, 2.45) is 0 Å². The highest BCUT2D eigenvalue weighted by Gasteiger charge is 2.08. The van der Waals surface area contributed by atoms with Gasteiger partial charge in [0.2, 0.25) is 0 Å². The molecule has 3 rings (SSSR count). The van der Waals surface area contributed by atoms with Crippen LogP contribution in [0.15, 0.2) is 67.1 Å². The Kier molecular flexibility index (Phi) is 4.68. The predicted molar refractivity (Wildman–Crippen MR) is 85.6 cm³/mol. The molecule has 0 aliphatic carbocycles. The Balaban J connectivity index is 1.55. The van der Waals surface area contributed by atoms with Crippen molar-refractivity contribution in [3.63, 3.8) is 0 Å². The van der Waals surface area contributed by atoms with Gasteiger partial charge in [0, 0.05) is 11.8 Å². The second-order valence-corrected chi connectivity index (χ2v) is 5.24. The minimum atomic E-state index is -0.683. The number of rotatable bonds is 6. The van der Waals surface area contributed by atoms with Crippen LogP contribution in [-0.4, -0.2) is 27.4 Å². The van der Waals surface area contributed by atoms with Crippen LogP contribution in [0.3, 0.4) is 0 Å². The Hall–Kier alpha value is -2.66. The van der Waals surface area contributed by atoms with Crippen molar-refractivity contribution in [2.45, 2.75) is 12.6 Å². The zero-order chi connectivity index (χ0) is 16.1. The van der Waals surface area contributed by atoms with Gasteiger partial charge in [0.1, 0.15) is 24.3 Å². The SMILES string of the molecule is OC(COc1ccc(F)cc1)Cn1cnc(-c2ccccc2)c1. The van der Waals surface area contributed by atoms with E-state index in [0.717, 1.165) is 11.3 Å². The highest BCUT2D eigenvalue weighted by Crippen LogP contribution is 2.16. The standard InChI is InChI=1S/C18H17FN2O2/c19-15-6-8-17(9-7-15)23-12-16(22)10-21-11-18(20-13-21)14-4-2-1-3-5-14/h1-9,11,13,16,22H,10,12H2. The zero-order valence-electron chi connectivity index (χ0n) is 12.5. The highest BCUT2D eigenvalue weighted by molar-refractivity contribution is 5.57. The van der Waals surface area contributed by atoms with E-state index >= 15 is 0 Å². The second kappa shape index (κ2) is 7.07. The molecule has 1 aromatic heterocycles. The van der Waals surface area contributed by atoms with Crippen LogP contribution in [0.4, 0.5) is 4.39 Å². The number of imidazole rings is 1. The first kappa shape index (κ1) is 15.2. The summed E-state index contributed by atoms with van der Waals surface area (Å²) in [5, 5.41) is 10.1. The van der Waals surface area contributed by atoms with Crippen molar-refractivity contribution in [2.75, 3.05) is 6.61 Å². The molecule has 0 saturated heterocycles. The van der Waals surface area contributed by atoms with Crippen LogP contribution in [0.2, 0.25) is 0 Å². The molecule has 0 spiro atoms. The van der Waals surface area contributed by atoms with Gasteiger partial charge in [0.05, 0.1) is 18.6 Å². The lowest BCUT2D eigenvalue weighted by molar-refractivity contribution is 0.0924. The molecule has 0 aliphatic rings. The summed E-state index contributed by atoms with van der Waals surface area (Å²) >= 11 is 0. The molecule has 0 saturated carbocycles. The number of aliphatic hydroxyl groups excluding tert-OH is 1. The minimum absolute atomic E-state index is 0.129. The zero-order valence-corrected chi connectivity index (χ0v) is 12.5. The van der Waals surface area contributed by atoms with E-state index in [1.54, 1.807) is 6.33 Å². The number of halogens is 1. The normalized spacial score (nSPS) is 12.1. The summed E-state index contributed by atoms with van der Waals surface area (Å²) in [6.07, 6.45) is 2.89. The quantitative estimate of drug-likeness (QED) is 0.761. The van der Waals surface area contributed by atoms with Crippen LogP contribution in [0, 0.1) is 5.82 Å². The second-order valence-electron chi connectivity index (χ2n) is 5.24. The molecular weight excluding hydrogens is 295 g/mol. The third-order valence-corrected chi connectivity index (χ3v) is 3.38. The molecule has 2 aromatic carbocycles. The van der Waals surface area contributed by atoms with Gasteiger partial charge in [0.15, 0.2) is 0 Å². The summed E-state index contributed by atoms with van der Waals surface area (Å²) in [6, 6.07) is 15.6. The maximum Gasteiger partial charge on any atom is 0.123 e. The number of hydrogen-bond acceptors (Lipinski definition) is 3. The predicted octanol–water partition coefficient (Wildman–Crippen LogP) is 3.13. The average molecular weight is 312 g/mol. The molecule has 0 radical (unpaired) electrons. The number of hydrogen-bond donors (Lipinski definition) is 1. The summed E-state index contributed by atoms with van der Waals surface area (Å²) in [5.74, 6) is 0.214. The van der Waals surface area contributed by atoms with Crippen LogP contribution >= 0.6 is 0 Å². The van der Waals surface area contributed by atoms with Gasteiger partial charge >= 0.3 is 0 Å². The Bertz CT molecular complexity index is 741. The molecule has 1 heterocycles. The fraction of sp³-hybridized carbons (Fsp3) is 0.167. The molecule has 1 atom stereocenters. The Morgan fingerprint density at radius 3 is 2.57 bits per heavy atom. The van der Waals surface area contributed by atoms with Gasteiger partial charge < -0.3 is 14.4 Å². The number of aliphatic hydroxyl groups is 1. The van der Waals surface area contributed by atoms with E-state index in [1.807, 2.05) is 41.1 Å². The van der Waals surface area contributed by atoms with Crippen LogP contribution in [0.1, 0.15) is 0 Å². The maximum atomic E-state index is 12.8. The van der Waals surface area contributed by atoms with E-state index in [2.05, 4.69) is 4.98 Å². The molecule has 4 nitrogen and oxygen atoms in total. The van der Waals surface area contributed by atoms with Crippen LogP contribution in [0.25, 0.3) is 11.3 Å². The third-order valence-electron chi connectivity index (χ3n) is 3.38. The van der Waals surface area contributed by atoms with Crippen molar-refractivity contribution in [3.05, 3.63) is 72.9 Å². The van der Waals surface area contributed by atoms with E-state index in [-0.39, 0.29) is 12.4 Å². The first-order valence-electron chi connectivity index (χ1n) is 7.34. The molecule has 0 fully saturated rings. The Morgan fingerprint density at radius 2 is 1.83 bits per heavy atom. The van der Waals surface area contributed by atoms with Crippen LogP contribution in [0.5, 0.6) is 5.75 Å². The summed E-state index contributed by atoms with van der Waals surface area (Å²) in [4.78, 5) is 4.34. The van der Waals surface area contributed by atoms with Gasteiger partial charge in [-0.25, -0.2) is 9.37 Å². The highest BCUT2D eigenvalue weighted by atomic mass is 19.1. The van der Waals surface area contributed by atoms with E-state index in [1.165, 1.54) is 24.3 Å². The molecule has 0 bridgehead atoms.